The Hall–Kier alpha value is -3.01. The fourth-order valence-electron chi connectivity index (χ4n) is 2.66. The van der Waals surface area contributed by atoms with E-state index in [4.69, 9.17) is 0 Å². The summed E-state index contributed by atoms with van der Waals surface area (Å²) in [7, 11) is 3.55. The van der Waals surface area contributed by atoms with E-state index in [-0.39, 0.29) is 11.2 Å². The van der Waals surface area contributed by atoms with Crippen molar-refractivity contribution in [2.45, 2.75) is 5.92 Å². The summed E-state index contributed by atoms with van der Waals surface area (Å²) in [4.78, 5) is 10.0. The van der Waals surface area contributed by atoms with Crippen LogP contribution in [0.25, 0.3) is 17.0 Å². The van der Waals surface area contributed by atoms with Gasteiger partial charge in [0, 0.05) is 37.6 Å². The molecule has 3 aromatic heterocycles. The number of benzene rings is 1. The summed E-state index contributed by atoms with van der Waals surface area (Å²) < 4.78 is 32.4. The lowest BCUT2D eigenvalue weighted by Crippen LogP contribution is -2.21. The number of fused-ring (bicyclic) bond motifs is 1. The summed E-state index contributed by atoms with van der Waals surface area (Å²) in [6, 6.07) is 9.18. The average molecular weight is 446 g/mol. The maximum atomic E-state index is 15.3. The van der Waals surface area contributed by atoms with Gasteiger partial charge in [-0.2, -0.15) is 13.3 Å². The lowest BCUT2D eigenvalue weighted by atomic mass is 10.0. The van der Waals surface area contributed by atoms with Crippen molar-refractivity contribution < 1.29 is 8.78 Å². The highest BCUT2D eigenvalue weighted by molar-refractivity contribution is 9.10. The van der Waals surface area contributed by atoms with Crippen LogP contribution in [0.1, 0.15) is 11.4 Å². The molecular formula is C18H14BrF2N7. The smallest absolute Gasteiger partial charge is 0.333 e. The van der Waals surface area contributed by atoms with Crippen molar-refractivity contribution in [3.63, 3.8) is 0 Å². The molecular weight excluding hydrogens is 432 g/mol. The van der Waals surface area contributed by atoms with Crippen molar-refractivity contribution in [1.29, 1.82) is 0 Å². The van der Waals surface area contributed by atoms with Crippen LogP contribution in [0.15, 0.2) is 53.3 Å². The van der Waals surface area contributed by atoms with Gasteiger partial charge in [0.1, 0.15) is 5.82 Å². The van der Waals surface area contributed by atoms with Crippen LogP contribution in [-0.4, -0.2) is 43.9 Å². The molecule has 3 heterocycles. The molecule has 4 aromatic rings. The molecule has 4 rings (SSSR count). The van der Waals surface area contributed by atoms with Gasteiger partial charge < -0.3 is 4.90 Å². The highest BCUT2D eigenvalue weighted by atomic mass is 79.9. The van der Waals surface area contributed by atoms with E-state index in [1.807, 2.05) is 0 Å². The minimum Gasteiger partial charge on any atom is -0.361 e. The van der Waals surface area contributed by atoms with E-state index in [9.17, 15) is 0 Å². The zero-order chi connectivity index (χ0) is 19.9. The first kappa shape index (κ1) is 18.4. The Bertz CT molecular complexity index is 1140. The number of anilines is 1. The summed E-state index contributed by atoms with van der Waals surface area (Å²) in [6.45, 7) is 0. The van der Waals surface area contributed by atoms with E-state index >= 15 is 8.78 Å². The minimum atomic E-state index is -3.41. The van der Waals surface area contributed by atoms with Gasteiger partial charge in [-0.15, -0.1) is 15.3 Å². The maximum Gasteiger partial charge on any atom is 0.333 e. The molecule has 0 unspecified atom stereocenters. The van der Waals surface area contributed by atoms with Gasteiger partial charge in [0.05, 0.1) is 4.47 Å². The molecule has 0 N–H and O–H groups in total. The summed E-state index contributed by atoms with van der Waals surface area (Å²) in [5.41, 5.74) is 0.469. The second-order valence-corrected chi connectivity index (χ2v) is 7.18. The Morgan fingerprint density at radius 1 is 1.04 bits per heavy atom. The zero-order valence-electron chi connectivity index (χ0n) is 14.9. The van der Waals surface area contributed by atoms with Gasteiger partial charge in [0.25, 0.3) is 0 Å². The third kappa shape index (κ3) is 3.19. The summed E-state index contributed by atoms with van der Waals surface area (Å²) in [5, 5.41) is 11.7. The molecule has 7 nitrogen and oxygen atoms in total. The quantitative estimate of drug-likeness (QED) is 0.478. The molecule has 0 fully saturated rings. The monoisotopic (exact) mass is 445 g/mol. The largest absolute Gasteiger partial charge is 0.361 e. The normalized spacial score (nSPS) is 11.8. The number of hydrogen-bond acceptors (Lipinski definition) is 6. The van der Waals surface area contributed by atoms with Crippen LogP contribution < -0.4 is 4.90 Å². The first-order valence-electron chi connectivity index (χ1n) is 8.23. The Morgan fingerprint density at radius 2 is 1.79 bits per heavy atom. The molecule has 0 aliphatic carbocycles. The van der Waals surface area contributed by atoms with Crippen LogP contribution in [-0.2, 0) is 5.92 Å². The highest BCUT2D eigenvalue weighted by Crippen LogP contribution is 2.36. The van der Waals surface area contributed by atoms with Crippen molar-refractivity contribution >= 4 is 27.4 Å². The van der Waals surface area contributed by atoms with Crippen molar-refractivity contribution in [2.24, 2.45) is 0 Å². The molecule has 0 amide bonds. The van der Waals surface area contributed by atoms with E-state index in [0.29, 0.717) is 21.7 Å². The van der Waals surface area contributed by atoms with Crippen LogP contribution in [0.4, 0.5) is 14.6 Å². The van der Waals surface area contributed by atoms with E-state index in [1.54, 1.807) is 49.6 Å². The number of aromatic nitrogens is 6. The molecule has 0 saturated heterocycles. The molecule has 1 aromatic carbocycles. The fourth-order valence-corrected chi connectivity index (χ4v) is 2.86. The molecule has 10 heteroatoms. The standard InChI is InChI=1S/C18H14BrF2N7/c1-27(2)15-7-6-14-24-25-17(28(14)26-15)18(20,21)12-5-3-4-11(8-12)16-22-9-13(19)10-23-16/h3-10H,1-2H3. The molecule has 0 saturated carbocycles. The number of alkyl halides is 2. The van der Waals surface area contributed by atoms with Crippen molar-refractivity contribution in [1.82, 2.24) is 29.8 Å². The molecule has 0 spiro atoms. The van der Waals surface area contributed by atoms with Crippen LogP contribution >= 0.6 is 15.9 Å². The van der Waals surface area contributed by atoms with Crippen LogP contribution in [0, 0.1) is 0 Å². The predicted octanol–water partition coefficient (Wildman–Crippen LogP) is 3.55. The van der Waals surface area contributed by atoms with Crippen LogP contribution in [0.5, 0.6) is 0 Å². The van der Waals surface area contributed by atoms with E-state index in [2.05, 4.69) is 41.2 Å². The first-order chi connectivity index (χ1) is 13.4. The fraction of sp³-hybridized carbons (Fsp3) is 0.167. The molecule has 0 aliphatic heterocycles. The second-order valence-electron chi connectivity index (χ2n) is 6.26. The highest BCUT2D eigenvalue weighted by Gasteiger charge is 2.40. The lowest BCUT2D eigenvalue weighted by molar-refractivity contribution is 0.0306. The third-order valence-electron chi connectivity index (χ3n) is 4.09. The molecule has 0 aliphatic rings. The van der Waals surface area contributed by atoms with Gasteiger partial charge in [-0.1, -0.05) is 18.2 Å². The number of rotatable bonds is 4. The number of nitrogens with zero attached hydrogens (tertiary/aromatic N) is 7. The summed E-state index contributed by atoms with van der Waals surface area (Å²) in [6.07, 6.45) is 3.12. The summed E-state index contributed by atoms with van der Waals surface area (Å²) in [5.74, 6) is -3.11. The van der Waals surface area contributed by atoms with Crippen molar-refractivity contribution in [3.05, 3.63) is 64.7 Å². The van der Waals surface area contributed by atoms with Gasteiger partial charge in [-0.3, -0.25) is 0 Å². The second kappa shape index (κ2) is 6.86. The maximum absolute atomic E-state index is 15.3. The minimum absolute atomic E-state index is 0.243. The van der Waals surface area contributed by atoms with Gasteiger partial charge in [-0.05, 0) is 34.1 Å². The lowest BCUT2D eigenvalue weighted by Gasteiger charge is -2.16. The zero-order valence-corrected chi connectivity index (χ0v) is 16.5. The van der Waals surface area contributed by atoms with Crippen molar-refractivity contribution in [3.8, 4) is 11.4 Å². The van der Waals surface area contributed by atoms with Crippen LogP contribution in [0.2, 0.25) is 0 Å². The van der Waals surface area contributed by atoms with Gasteiger partial charge >= 0.3 is 5.92 Å². The summed E-state index contributed by atoms with van der Waals surface area (Å²) >= 11 is 3.26. The molecule has 0 atom stereocenters. The Morgan fingerprint density at radius 3 is 2.50 bits per heavy atom. The van der Waals surface area contributed by atoms with Crippen molar-refractivity contribution in [2.75, 3.05) is 19.0 Å². The molecule has 0 radical (unpaired) electrons. The SMILES string of the molecule is CN(C)c1ccc2nnc(C(F)(F)c3cccc(-c4ncc(Br)cn4)c3)n2n1. The van der Waals surface area contributed by atoms with Gasteiger partial charge in [-0.25, -0.2) is 9.97 Å². The Balaban J connectivity index is 1.80. The predicted molar refractivity (Wildman–Crippen MR) is 103 cm³/mol. The van der Waals surface area contributed by atoms with Crippen LogP contribution in [0.3, 0.4) is 0 Å². The number of hydrogen-bond donors (Lipinski definition) is 0. The van der Waals surface area contributed by atoms with Gasteiger partial charge in [0.2, 0.25) is 5.82 Å². The third-order valence-corrected chi connectivity index (χ3v) is 4.50. The molecule has 0 bridgehead atoms. The van der Waals surface area contributed by atoms with E-state index in [0.717, 1.165) is 4.52 Å². The first-order valence-corrected chi connectivity index (χ1v) is 9.02. The van der Waals surface area contributed by atoms with E-state index in [1.165, 1.54) is 18.2 Å². The van der Waals surface area contributed by atoms with E-state index < -0.39 is 11.7 Å². The Kier molecular flexibility index (Phi) is 4.50. The average Bonchev–Trinajstić information content (AvgIpc) is 3.12. The van der Waals surface area contributed by atoms with Gasteiger partial charge in [0.15, 0.2) is 11.5 Å². The Labute approximate surface area is 167 Å². The molecule has 142 valence electrons. The topological polar surface area (TPSA) is 72.1 Å². The molecule has 28 heavy (non-hydrogen) atoms. The number of halogens is 3.